The Morgan fingerprint density at radius 1 is 1.40 bits per heavy atom. The average molecular weight is 214 g/mol. The van der Waals surface area contributed by atoms with E-state index in [0.29, 0.717) is 18.9 Å². The Morgan fingerprint density at radius 3 is 2.60 bits per heavy atom. The van der Waals surface area contributed by atoms with Crippen LogP contribution < -0.4 is 0 Å². The van der Waals surface area contributed by atoms with Crippen LogP contribution in [0.2, 0.25) is 0 Å². The first kappa shape index (κ1) is 12.5. The van der Waals surface area contributed by atoms with E-state index >= 15 is 0 Å². The lowest BCUT2D eigenvalue weighted by atomic mass is 9.88. The molecule has 0 heterocycles. The molecule has 0 radical (unpaired) electrons. The van der Waals surface area contributed by atoms with Gasteiger partial charge in [-0.25, -0.2) is 0 Å². The van der Waals surface area contributed by atoms with Crippen molar-refractivity contribution in [1.82, 2.24) is 0 Å². The van der Waals surface area contributed by atoms with Crippen LogP contribution in [0.5, 0.6) is 0 Å². The third-order valence-electron chi connectivity index (χ3n) is 3.21. The van der Waals surface area contributed by atoms with Gasteiger partial charge in [0.05, 0.1) is 5.92 Å². The van der Waals surface area contributed by atoms with Crippen LogP contribution in [0.15, 0.2) is 0 Å². The molecule has 0 aromatic carbocycles. The van der Waals surface area contributed by atoms with E-state index in [1.807, 2.05) is 0 Å². The highest BCUT2D eigenvalue weighted by Crippen LogP contribution is 2.33. The summed E-state index contributed by atoms with van der Waals surface area (Å²) in [4.78, 5) is 11.1. The molecule has 1 N–H and O–H groups in total. The van der Waals surface area contributed by atoms with E-state index in [4.69, 9.17) is 9.84 Å². The molecule has 1 saturated carbocycles. The van der Waals surface area contributed by atoms with E-state index < -0.39 is 5.97 Å². The maximum absolute atomic E-state index is 11.1. The summed E-state index contributed by atoms with van der Waals surface area (Å²) >= 11 is 0. The van der Waals surface area contributed by atoms with Crippen molar-refractivity contribution >= 4 is 5.97 Å². The SMILES string of the molecule is CCCOCCC(C(=O)O)C1CCCC1. The van der Waals surface area contributed by atoms with Crippen LogP contribution in [0.25, 0.3) is 0 Å². The van der Waals surface area contributed by atoms with Crippen LogP contribution in [0.1, 0.15) is 45.4 Å². The summed E-state index contributed by atoms with van der Waals surface area (Å²) < 4.78 is 5.36. The van der Waals surface area contributed by atoms with E-state index in [2.05, 4.69) is 6.92 Å². The highest BCUT2D eigenvalue weighted by Gasteiger charge is 2.29. The topological polar surface area (TPSA) is 46.5 Å². The van der Waals surface area contributed by atoms with E-state index in [0.717, 1.165) is 25.9 Å². The van der Waals surface area contributed by atoms with Crippen LogP contribution in [-0.2, 0) is 9.53 Å². The van der Waals surface area contributed by atoms with Gasteiger partial charge >= 0.3 is 5.97 Å². The summed E-state index contributed by atoms with van der Waals surface area (Å²) in [6.07, 6.45) is 6.26. The minimum Gasteiger partial charge on any atom is -0.481 e. The Morgan fingerprint density at radius 2 is 2.07 bits per heavy atom. The highest BCUT2D eigenvalue weighted by atomic mass is 16.5. The molecule has 0 aromatic rings. The first-order chi connectivity index (χ1) is 7.25. The second kappa shape index (κ2) is 6.83. The van der Waals surface area contributed by atoms with Crippen molar-refractivity contribution in [2.75, 3.05) is 13.2 Å². The van der Waals surface area contributed by atoms with Gasteiger partial charge in [-0.2, -0.15) is 0 Å². The third kappa shape index (κ3) is 4.20. The smallest absolute Gasteiger partial charge is 0.306 e. The summed E-state index contributed by atoms with van der Waals surface area (Å²) in [5.74, 6) is -0.418. The largest absolute Gasteiger partial charge is 0.481 e. The fourth-order valence-corrected chi connectivity index (χ4v) is 2.38. The Bertz CT molecular complexity index is 185. The monoisotopic (exact) mass is 214 g/mol. The normalized spacial score (nSPS) is 19.3. The van der Waals surface area contributed by atoms with Crippen LogP contribution in [-0.4, -0.2) is 24.3 Å². The number of aliphatic carboxylic acids is 1. The van der Waals surface area contributed by atoms with Gasteiger partial charge in [-0.3, -0.25) is 4.79 Å². The van der Waals surface area contributed by atoms with Crippen LogP contribution in [0, 0.1) is 11.8 Å². The van der Waals surface area contributed by atoms with Gasteiger partial charge in [-0.05, 0) is 31.6 Å². The Kier molecular flexibility index (Phi) is 5.69. The first-order valence-corrected chi connectivity index (χ1v) is 6.06. The minimum absolute atomic E-state index is 0.177. The highest BCUT2D eigenvalue weighted by molar-refractivity contribution is 5.70. The van der Waals surface area contributed by atoms with Crippen molar-refractivity contribution in [1.29, 1.82) is 0 Å². The molecule has 0 spiro atoms. The Labute approximate surface area is 91.8 Å². The summed E-state index contributed by atoms with van der Waals surface area (Å²) in [5, 5.41) is 9.13. The van der Waals surface area contributed by atoms with E-state index in [1.54, 1.807) is 0 Å². The van der Waals surface area contributed by atoms with Crippen molar-refractivity contribution in [3.05, 3.63) is 0 Å². The Hall–Kier alpha value is -0.570. The summed E-state index contributed by atoms with van der Waals surface area (Å²) in [6, 6.07) is 0. The molecule has 3 nitrogen and oxygen atoms in total. The zero-order valence-corrected chi connectivity index (χ0v) is 9.58. The lowest BCUT2D eigenvalue weighted by molar-refractivity contribution is -0.144. The first-order valence-electron chi connectivity index (χ1n) is 6.06. The molecule has 15 heavy (non-hydrogen) atoms. The molecule has 1 rings (SSSR count). The zero-order valence-electron chi connectivity index (χ0n) is 9.58. The summed E-state index contributed by atoms with van der Waals surface area (Å²) in [5.41, 5.74) is 0. The molecule has 1 atom stereocenters. The average Bonchev–Trinajstić information content (AvgIpc) is 2.70. The van der Waals surface area contributed by atoms with Crippen molar-refractivity contribution in [3.8, 4) is 0 Å². The fourth-order valence-electron chi connectivity index (χ4n) is 2.38. The number of ether oxygens (including phenoxy) is 1. The molecule has 0 bridgehead atoms. The number of carboxylic acid groups (broad SMARTS) is 1. The quantitative estimate of drug-likeness (QED) is 0.663. The van der Waals surface area contributed by atoms with Gasteiger partial charge in [-0.1, -0.05) is 19.8 Å². The fraction of sp³-hybridized carbons (Fsp3) is 0.917. The maximum atomic E-state index is 11.1. The molecular formula is C12H22O3. The van der Waals surface area contributed by atoms with Gasteiger partial charge in [0.1, 0.15) is 0 Å². The zero-order chi connectivity index (χ0) is 11.1. The van der Waals surface area contributed by atoms with Crippen LogP contribution in [0.3, 0.4) is 0 Å². The number of hydrogen-bond donors (Lipinski definition) is 1. The van der Waals surface area contributed by atoms with Gasteiger partial charge in [-0.15, -0.1) is 0 Å². The molecule has 3 heteroatoms. The van der Waals surface area contributed by atoms with Gasteiger partial charge in [0.25, 0.3) is 0 Å². The maximum Gasteiger partial charge on any atom is 0.306 e. The van der Waals surface area contributed by atoms with E-state index in [9.17, 15) is 4.79 Å². The lowest BCUT2D eigenvalue weighted by Crippen LogP contribution is -2.23. The predicted octanol–water partition coefficient (Wildman–Crippen LogP) is 2.69. The van der Waals surface area contributed by atoms with Crippen molar-refractivity contribution in [2.45, 2.75) is 45.4 Å². The number of carbonyl (C=O) groups is 1. The van der Waals surface area contributed by atoms with Gasteiger partial charge < -0.3 is 9.84 Å². The second-order valence-corrected chi connectivity index (χ2v) is 4.39. The number of hydrogen-bond acceptors (Lipinski definition) is 2. The van der Waals surface area contributed by atoms with Crippen molar-refractivity contribution < 1.29 is 14.6 Å². The number of rotatable bonds is 7. The predicted molar refractivity (Wildman–Crippen MR) is 58.8 cm³/mol. The standard InChI is InChI=1S/C12H22O3/c1-2-8-15-9-7-11(12(13)14)10-5-3-4-6-10/h10-11H,2-9H2,1H3,(H,13,14). The molecule has 1 aliphatic carbocycles. The van der Waals surface area contributed by atoms with Crippen molar-refractivity contribution in [3.63, 3.8) is 0 Å². The Balaban J connectivity index is 2.27. The third-order valence-corrected chi connectivity index (χ3v) is 3.21. The number of carboxylic acids is 1. The van der Waals surface area contributed by atoms with Crippen LogP contribution >= 0.6 is 0 Å². The summed E-state index contributed by atoms with van der Waals surface area (Å²) in [6.45, 7) is 3.41. The molecule has 88 valence electrons. The molecular weight excluding hydrogens is 192 g/mol. The van der Waals surface area contributed by atoms with Gasteiger partial charge in [0, 0.05) is 13.2 Å². The van der Waals surface area contributed by atoms with Crippen molar-refractivity contribution in [2.24, 2.45) is 11.8 Å². The molecule has 0 amide bonds. The molecule has 0 aromatic heterocycles. The molecule has 0 saturated heterocycles. The van der Waals surface area contributed by atoms with Gasteiger partial charge in [0.2, 0.25) is 0 Å². The van der Waals surface area contributed by atoms with E-state index in [-0.39, 0.29) is 5.92 Å². The van der Waals surface area contributed by atoms with Crippen LogP contribution in [0.4, 0.5) is 0 Å². The minimum atomic E-state index is -0.637. The van der Waals surface area contributed by atoms with Gasteiger partial charge in [0.15, 0.2) is 0 Å². The molecule has 1 unspecified atom stereocenters. The summed E-state index contributed by atoms with van der Waals surface area (Å²) in [7, 11) is 0. The molecule has 1 fully saturated rings. The van der Waals surface area contributed by atoms with E-state index in [1.165, 1.54) is 12.8 Å². The molecule has 1 aliphatic rings. The lowest BCUT2D eigenvalue weighted by Gasteiger charge is -2.18. The second-order valence-electron chi connectivity index (χ2n) is 4.39. The molecule has 0 aliphatic heterocycles.